The Morgan fingerprint density at radius 2 is 2.12 bits per heavy atom. The maximum atomic E-state index is 8.89. The Bertz CT molecular complexity index is 396. The van der Waals surface area contributed by atoms with E-state index in [4.69, 9.17) is 15.7 Å². The molecule has 0 aromatic carbocycles. The summed E-state index contributed by atoms with van der Waals surface area (Å²) in [6.45, 7) is 6.37. The van der Waals surface area contributed by atoms with Crippen LogP contribution < -0.4 is 5.73 Å². The summed E-state index contributed by atoms with van der Waals surface area (Å²) in [6, 6.07) is 2.00. The largest absolute Gasteiger partial charge is 0.382 e. The molecule has 1 rings (SSSR count). The number of hydrogen-bond donors (Lipinski definition) is 1. The van der Waals surface area contributed by atoms with Crippen molar-refractivity contribution in [3.63, 3.8) is 0 Å². The zero-order chi connectivity index (χ0) is 12.8. The number of nitrogens with zero attached hydrogens (tertiary/aromatic N) is 3. The summed E-state index contributed by atoms with van der Waals surface area (Å²) < 4.78 is 5.59. The average Bonchev–Trinajstić information content (AvgIpc) is 2.28. The Morgan fingerprint density at radius 3 is 2.59 bits per heavy atom. The van der Waals surface area contributed by atoms with Crippen LogP contribution in [0.2, 0.25) is 0 Å². The topological polar surface area (TPSA) is 84.8 Å². The zero-order valence-corrected chi connectivity index (χ0v) is 10.5. The van der Waals surface area contributed by atoms with Gasteiger partial charge >= 0.3 is 0 Å². The van der Waals surface area contributed by atoms with Crippen molar-refractivity contribution in [2.75, 3.05) is 12.3 Å². The van der Waals surface area contributed by atoms with Crippen molar-refractivity contribution in [3.8, 4) is 6.07 Å². The lowest BCUT2D eigenvalue weighted by Gasteiger charge is -2.16. The number of anilines is 1. The molecule has 0 saturated carbocycles. The lowest BCUT2D eigenvalue weighted by Crippen LogP contribution is -2.12. The molecule has 0 fully saturated rings. The van der Waals surface area contributed by atoms with Gasteiger partial charge in [0.05, 0.1) is 5.69 Å². The fourth-order valence-corrected chi connectivity index (χ4v) is 1.65. The Balaban J connectivity index is 3.09. The van der Waals surface area contributed by atoms with Crippen LogP contribution >= 0.6 is 0 Å². The first-order chi connectivity index (χ1) is 8.13. The Hall–Kier alpha value is -1.67. The highest BCUT2D eigenvalue weighted by molar-refractivity contribution is 5.50. The van der Waals surface area contributed by atoms with Crippen LogP contribution in [0.4, 0.5) is 5.82 Å². The molecule has 0 aliphatic heterocycles. The van der Waals surface area contributed by atoms with E-state index in [2.05, 4.69) is 16.9 Å². The first kappa shape index (κ1) is 13.4. The van der Waals surface area contributed by atoms with E-state index >= 15 is 0 Å². The highest BCUT2D eigenvalue weighted by atomic mass is 16.5. The molecule has 2 N–H and O–H groups in total. The third-order valence-corrected chi connectivity index (χ3v) is 2.45. The third-order valence-electron chi connectivity index (χ3n) is 2.45. The molecule has 0 saturated heterocycles. The molecular weight excluding hydrogens is 216 g/mol. The first-order valence-corrected chi connectivity index (χ1v) is 5.79. The molecule has 0 spiro atoms. The minimum Gasteiger partial charge on any atom is -0.382 e. The standard InChI is InChI=1S/C12H18N4O/c1-4-6-10(17-5-2)12-15-8(3)9(7-13)11(14)16-12/h10H,4-6H2,1-3H3,(H2,14,15,16). The van der Waals surface area contributed by atoms with Gasteiger partial charge in [0.15, 0.2) is 5.82 Å². The van der Waals surface area contributed by atoms with E-state index in [9.17, 15) is 0 Å². The smallest absolute Gasteiger partial charge is 0.159 e. The van der Waals surface area contributed by atoms with Gasteiger partial charge < -0.3 is 10.5 Å². The summed E-state index contributed by atoms with van der Waals surface area (Å²) >= 11 is 0. The third kappa shape index (κ3) is 3.14. The fraction of sp³-hybridized carbons (Fsp3) is 0.583. The van der Waals surface area contributed by atoms with Gasteiger partial charge in [0.1, 0.15) is 23.6 Å². The molecule has 0 radical (unpaired) electrons. The van der Waals surface area contributed by atoms with Gasteiger partial charge in [-0.3, -0.25) is 0 Å². The molecule has 17 heavy (non-hydrogen) atoms. The predicted octanol–water partition coefficient (Wildman–Crippen LogP) is 2.12. The van der Waals surface area contributed by atoms with Gasteiger partial charge in [0.2, 0.25) is 0 Å². The Labute approximate surface area is 102 Å². The van der Waals surface area contributed by atoms with Crippen LogP contribution in [0.3, 0.4) is 0 Å². The molecule has 1 aromatic rings. The number of ether oxygens (including phenoxy) is 1. The van der Waals surface area contributed by atoms with Gasteiger partial charge in [0, 0.05) is 6.61 Å². The fourth-order valence-electron chi connectivity index (χ4n) is 1.65. The molecule has 1 atom stereocenters. The summed E-state index contributed by atoms with van der Waals surface area (Å²) in [6.07, 6.45) is 1.68. The van der Waals surface area contributed by atoms with E-state index in [0.29, 0.717) is 23.7 Å². The molecule has 0 amide bonds. The van der Waals surface area contributed by atoms with Gasteiger partial charge in [-0.15, -0.1) is 0 Å². The highest BCUT2D eigenvalue weighted by Gasteiger charge is 2.17. The molecule has 0 aliphatic rings. The Morgan fingerprint density at radius 1 is 1.41 bits per heavy atom. The van der Waals surface area contributed by atoms with E-state index in [1.807, 2.05) is 13.0 Å². The first-order valence-electron chi connectivity index (χ1n) is 5.79. The van der Waals surface area contributed by atoms with E-state index in [1.165, 1.54) is 0 Å². The molecule has 1 unspecified atom stereocenters. The van der Waals surface area contributed by atoms with Gasteiger partial charge in [-0.05, 0) is 20.3 Å². The van der Waals surface area contributed by atoms with Crippen LogP contribution in [0.1, 0.15) is 49.9 Å². The summed E-state index contributed by atoms with van der Waals surface area (Å²) in [4.78, 5) is 8.47. The van der Waals surface area contributed by atoms with Crippen molar-refractivity contribution in [2.24, 2.45) is 0 Å². The lowest BCUT2D eigenvalue weighted by molar-refractivity contribution is 0.0493. The maximum absolute atomic E-state index is 8.89. The minimum absolute atomic E-state index is 0.140. The molecule has 1 heterocycles. The van der Waals surface area contributed by atoms with Crippen LogP contribution in [0.25, 0.3) is 0 Å². The second kappa shape index (κ2) is 6.16. The summed E-state index contributed by atoms with van der Waals surface area (Å²) in [5.41, 5.74) is 6.69. The van der Waals surface area contributed by atoms with Crippen molar-refractivity contribution in [1.29, 1.82) is 5.26 Å². The summed E-state index contributed by atoms with van der Waals surface area (Å²) in [7, 11) is 0. The summed E-state index contributed by atoms with van der Waals surface area (Å²) in [5.74, 6) is 0.804. The van der Waals surface area contributed by atoms with Crippen molar-refractivity contribution in [2.45, 2.75) is 39.7 Å². The SMILES string of the molecule is CCCC(OCC)c1nc(C)c(C#N)c(N)n1. The van der Waals surface area contributed by atoms with Crippen molar-refractivity contribution >= 4 is 5.82 Å². The van der Waals surface area contributed by atoms with Crippen LogP contribution in [0, 0.1) is 18.3 Å². The molecule has 5 heteroatoms. The van der Waals surface area contributed by atoms with Crippen molar-refractivity contribution in [1.82, 2.24) is 9.97 Å². The van der Waals surface area contributed by atoms with Crippen molar-refractivity contribution < 1.29 is 4.74 Å². The van der Waals surface area contributed by atoms with Gasteiger partial charge in [-0.25, -0.2) is 9.97 Å². The quantitative estimate of drug-likeness (QED) is 0.843. The molecule has 0 bridgehead atoms. The number of nitrogens with two attached hydrogens (primary N) is 1. The number of hydrogen-bond acceptors (Lipinski definition) is 5. The van der Waals surface area contributed by atoms with E-state index in [-0.39, 0.29) is 11.9 Å². The number of rotatable bonds is 5. The molecular formula is C12H18N4O. The van der Waals surface area contributed by atoms with Gasteiger partial charge in [0.25, 0.3) is 0 Å². The monoisotopic (exact) mass is 234 g/mol. The van der Waals surface area contributed by atoms with Crippen molar-refractivity contribution in [3.05, 3.63) is 17.1 Å². The van der Waals surface area contributed by atoms with Crippen LogP contribution in [0.15, 0.2) is 0 Å². The van der Waals surface area contributed by atoms with E-state index in [0.717, 1.165) is 12.8 Å². The average molecular weight is 234 g/mol. The molecule has 1 aromatic heterocycles. The number of aromatic nitrogens is 2. The van der Waals surface area contributed by atoms with Crippen LogP contribution in [0.5, 0.6) is 0 Å². The number of aryl methyl sites for hydroxylation is 1. The minimum atomic E-state index is -0.140. The van der Waals surface area contributed by atoms with Gasteiger partial charge in [-0.1, -0.05) is 13.3 Å². The molecule has 0 aliphatic carbocycles. The zero-order valence-electron chi connectivity index (χ0n) is 10.5. The lowest BCUT2D eigenvalue weighted by atomic mass is 10.1. The second-order valence-electron chi connectivity index (χ2n) is 3.77. The number of nitrogen functional groups attached to an aromatic ring is 1. The van der Waals surface area contributed by atoms with Crippen LogP contribution in [-0.4, -0.2) is 16.6 Å². The normalized spacial score (nSPS) is 12.1. The Kier molecular flexibility index (Phi) is 4.85. The highest BCUT2D eigenvalue weighted by Crippen LogP contribution is 2.22. The van der Waals surface area contributed by atoms with E-state index in [1.54, 1.807) is 6.92 Å². The second-order valence-corrected chi connectivity index (χ2v) is 3.77. The number of nitriles is 1. The van der Waals surface area contributed by atoms with E-state index < -0.39 is 0 Å². The summed E-state index contributed by atoms with van der Waals surface area (Å²) in [5, 5.41) is 8.89. The van der Waals surface area contributed by atoms with Gasteiger partial charge in [-0.2, -0.15) is 5.26 Å². The molecule has 5 nitrogen and oxygen atoms in total. The molecule has 92 valence electrons. The van der Waals surface area contributed by atoms with Crippen LogP contribution in [-0.2, 0) is 4.74 Å². The predicted molar refractivity (Wildman–Crippen MR) is 65.2 cm³/mol. The maximum Gasteiger partial charge on any atom is 0.159 e.